The molecule has 6 nitrogen and oxygen atoms in total. The molecule has 1 rings (SSSR count). The molecule has 2 N–H and O–H groups in total. The highest BCUT2D eigenvalue weighted by Crippen LogP contribution is 2.24. The zero-order valence-electron chi connectivity index (χ0n) is 9.13. The van der Waals surface area contributed by atoms with E-state index in [0.717, 1.165) is 4.90 Å². The standard InChI is InChI=1S/C11H9ClN2O4/c12-8-2-1-7(4-13)9(3-8)14(5-10(15)16)6-11(17)18/h1-3H,5-6H2,(H,15,16)(H,17,18). The number of hydrogen-bond acceptors (Lipinski definition) is 4. The Morgan fingerprint density at radius 1 is 1.28 bits per heavy atom. The summed E-state index contributed by atoms with van der Waals surface area (Å²) >= 11 is 5.76. The van der Waals surface area contributed by atoms with E-state index in [9.17, 15) is 9.59 Å². The van der Waals surface area contributed by atoms with Gasteiger partial charge in [-0.2, -0.15) is 5.26 Å². The molecule has 0 radical (unpaired) electrons. The van der Waals surface area contributed by atoms with E-state index in [4.69, 9.17) is 27.1 Å². The van der Waals surface area contributed by atoms with Crippen LogP contribution in [0.5, 0.6) is 0 Å². The fourth-order valence-corrected chi connectivity index (χ4v) is 1.58. The first-order valence-electron chi connectivity index (χ1n) is 4.82. The van der Waals surface area contributed by atoms with Crippen LogP contribution in [0.3, 0.4) is 0 Å². The van der Waals surface area contributed by atoms with Crippen LogP contribution < -0.4 is 4.90 Å². The Morgan fingerprint density at radius 2 is 1.83 bits per heavy atom. The van der Waals surface area contributed by atoms with Crippen LogP contribution in [0.1, 0.15) is 5.56 Å². The molecule has 0 aliphatic heterocycles. The summed E-state index contributed by atoms with van der Waals surface area (Å²) in [7, 11) is 0. The van der Waals surface area contributed by atoms with Gasteiger partial charge in [0.1, 0.15) is 19.2 Å². The third kappa shape index (κ3) is 3.64. The molecule has 0 spiro atoms. The average molecular weight is 269 g/mol. The van der Waals surface area contributed by atoms with Gasteiger partial charge in [-0.05, 0) is 18.2 Å². The van der Waals surface area contributed by atoms with Crippen LogP contribution in [0.2, 0.25) is 5.02 Å². The third-order valence-corrected chi connectivity index (χ3v) is 2.31. The van der Waals surface area contributed by atoms with Crippen LogP contribution in [-0.2, 0) is 9.59 Å². The van der Waals surface area contributed by atoms with Gasteiger partial charge in [0.15, 0.2) is 0 Å². The van der Waals surface area contributed by atoms with Gasteiger partial charge in [-0.3, -0.25) is 9.59 Å². The SMILES string of the molecule is N#Cc1ccc(Cl)cc1N(CC(=O)O)CC(=O)O. The highest BCUT2D eigenvalue weighted by molar-refractivity contribution is 6.30. The molecule has 0 fully saturated rings. The minimum atomic E-state index is -1.19. The maximum Gasteiger partial charge on any atom is 0.323 e. The van der Waals surface area contributed by atoms with Crippen molar-refractivity contribution in [3.05, 3.63) is 28.8 Å². The van der Waals surface area contributed by atoms with E-state index in [1.807, 2.05) is 6.07 Å². The Kier molecular flexibility index (Phi) is 4.52. The van der Waals surface area contributed by atoms with Crippen LogP contribution >= 0.6 is 11.6 Å². The topological polar surface area (TPSA) is 102 Å². The summed E-state index contributed by atoms with van der Waals surface area (Å²) in [5, 5.41) is 26.7. The number of benzene rings is 1. The van der Waals surface area contributed by atoms with Gasteiger partial charge in [0.25, 0.3) is 0 Å². The van der Waals surface area contributed by atoms with Crippen molar-refractivity contribution >= 4 is 29.2 Å². The Morgan fingerprint density at radius 3 is 2.28 bits per heavy atom. The van der Waals surface area contributed by atoms with Crippen LogP contribution in [0.25, 0.3) is 0 Å². The molecule has 0 amide bonds. The molecule has 0 bridgehead atoms. The van der Waals surface area contributed by atoms with Crippen molar-refractivity contribution in [2.24, 2.45) is 0 Å². The number of halogens is 1. The number of aliphatic carboxylic acids is 2. The van der Waals surface area contributed by atoms with Crippen LogP contribution in [0.15, 0.2) is 18.2 Å². The van der Waals surface area contributed by atoms with Gasteiger partial charge in [-0.15, -0.1) is 0 Å². The smallest absolute Gasteiger partial charge is 0.323 e. The highest BCUT2D eigenvalue weighted by atomic mass is 35.5. The molecule has 94 valence electrons. The van der Waals surface area contributed by atoms with Gasteiger partial charge in [0, 0.05) is 5.02 Å². The molecule has 1 aromatic rings. The Hall–Kier alpha value is -2.26. The molecule has 0 heterocycles. The van der Waals surface area contributed by atoms with E-state index in [1.165, 1.54) is 18.2 Å². The van der Waals surface area contributed by atoms with E-state index in [0.29, 0.717) is 5.02 Å². The van der Waals surface area contributed by atoms with Crippen molar-refractivity contribution in [2.75, 3.05) is 18.0 Å². The monoisotopic (exact) mass is 268 g/mol. The lowest BCUT2D eigenvalue weighted by Crippen LogP contribution is -2.35. The second-order valence-electron chi connectivity index (χ2n) is 3.42. The molecule has 0 unspecified atom stereocenters. The van der Waals surface area contributed by atoms with Crippen molar-refractivity contribution < 1.29 is 19.8 Å². The molecule has 0 aliphatic carbocycles. The molecule has 0 aromatic heterocycles. The molecule has 1 aromatic carbocycles. The highest BCUT2D eigenvalue weighted by Gasteiger charge is 2.17. The largest absolute Gasteiger partial charge is 0.480 e. The predicted molar refractivity (Wildman–Crippen MR) is 63.7 cm³/mol. The molecular weight excluding hydrogens is 260 g/mol. The number of carbonyl (C=O) groups is 2. The fourth-order valence-electron chi connectivity index (χ4n) is 1.41. The average Bonchev–Trinajstić information content (AvgIpc) is 2.26. The number of nitriles is 1. The van der Waals surface area contributed by atoms with Crippen LogP contribution in [0.4, 0.5) is 5.69 Å². The number of anilines is 1. The molecule has 0 aliphatic rings. The summed E-state index contributed by atoms with van der Waals surface area (Å²) in [6.45, 7) is -1.05. The zero-order valence-corrected chi connectivity index (χ0v) is 9.89. The number of rotatable bonds is 5. The van der Waals surface area contributed by atoms with Crippen molar-refractivity contribution in [3.8, 4) is 6.07 Å². The lowest BCUT2D eigenvalue weighted by molar-refractivity contribution is -0.136. The van der Waals surface area contributed by atoms with E-state index >= 15 is 0 Å². The molecule has 18 heavy (non-hydrogen) atoms. The molecular formula is C11H9ClN2O4. The zero-order chi connectivity index (χ0) is 13.7. The van der Waals surface area contributed by atoms with Crippen molar-refractivity contribution in [1.82, 2.24) is 0 Å². The summed E-state index contributed by atoms with van der Waals surface area (Å²) in [6.07, 6.45) is 0. The van der Waals surface area contributed by atoms with E-state index in [2.05, 4.69) is 0 Å². The Labute approximate surface area is 108 Å². The van der Waals surface area contributed by atoms with E-state index in [-0.39, 0.29) is 11.3 Å². The Balaban J connectivity index is 3.18. The minimum Gasteiger partial charge on any atom is -0.480 e. The maximum absolute atomic E-state index is 10.7. The molecule has 0 saturated carbocycles. The summed E-state index contributed by atoms with van der Waals surface area (Å²) in [5.74, 6) is -2.39. The minimum absolute atomic E-state index is 0.168. The first-order valence-corrected chi connectivity index (χ1v) is 5.20. The van der Waals surface area contributed by atoms with Gasteiger partial charge in [0.05, 0.1) is 11.3 Å². The number of hydrogen-bond donors (Lipinski definition) is 2. The van der Waals surface area contributed by atoms with Gasteiger partial charge in [-0.25, -0.2) is 0 Å². The lowest BCUT2D eigenvalue weighted by Gasteiger charge is -2.21. The van der Waals surface area contributed by atoms with Crippen molar-refractivity contribution in [1.29, 1.82) is 5.26 Å². The van der Waals surface area contributed by atoms with Crippen molar-refractivity contribution in [3.63, 3.8) is 0 Å². The van der Waals surface area contributed by atoms with Crippen LogP contribution in [-0.4, -0.2) is 35.2 Å². The quantitative estimate of drug-likeness (QED) is 0.832. The summed E-state index contributed by atoms with van der Waals surface area (Å²) in [6, 6.07) is 6.12. The first-order chi connectivity index (χ1) is 8.43. The molecule has 7 heteroatoms. The second-order valence-corrected chi connectivity index (χ2v) is 3.85. The summed E-state index contributed by atoms with van der Waals surface area (Å²) < 4.78 is 0. The van der Waals surface area contributed by atoms with E-state index < -0.39 is 25.0 Å². The van der Waals surface area contributed by atoms with E-state index in [1.54, 1.807) is 0 Å². The molecule has 0 saturated heterocycles. The molecule has 0 atom stereocenters. The number of carboxylic acid groups (broad SMARTS) is 2. The third-order valence-electron chi connectivity index (χ3n) is 2.07. The summed E-state index contributed by atoms with van der Waals surface area (Å²) in [4.78, 5) is 22.5. The fraction of sp³-hybridized carbons (Fsp3) is 0.182. The van der Waals surface area contributed by atoms with Gasteiger partial charge in [0.2, 0.25) is 0 Å². The van der Waals surface area contributed by atoms with Gasteiger partial charge in [-0.1, -0.05) is 11.6 Å². The number of carboxylic acids is 2. The lowest BCUT2D eigenvalue weighted by atomic mass is 10.1. The maximum atomic E-state index is 10.7. The van der Waals surface area contributed by atoms with Gasteiger partial charge < -0.3 is 15.1 Å². The normalized spacial score (nSPS) is 9.56. The summed E-state index contributed by atoms with van der Waals surface area (Å²) in [5.41, 5.74) is 0.358. The number of nitrogens with zero attached hydrogens (tertiary/aromatic N) is 2. The first kappa shape index (κ1) is 13.8. The second kappa shape index (κ2) is 5.89. The van der Waals surface area contributed by atoms with Gasteiger partial charge >= 0.3 is 11.9 Å². The predicted octanol–water partition coefficient (Wildman–Crippen LogP) is 1.19. The van der Waals surface area contributed by atoms with Crippen molar-refractivity contribution in [2.45, 2.75) is 0 Å². The van der Waals surface area contributed by atoms with Crippen LogP contribution in [0, 0.1) is 11.3 Å². The Bertz CT molecular complexity index is 508.